The number of benzene rings is 2. The van der Waals surface area contributed by atoms with E-state index < -0.39 is 11.7 Å². The Labute approximate surface area is 200 Å². The van der Waals surface area contributed by atoms with E-state index in [-0.39, 0.29) is 18.4 Å². The van der Waals surface area contributed by atoms with E-state index >= 15 is 0 Å². The van der Waals surface area contributed by atoms with Gasteiger partial charge in [0, 0.05) is 29.3 Å². The first kappa shape index (κ1) is 26.8. The average molecular weight is 556 g/mol. The molecule has 0 spiro atoms. The molecule has 0 aromatic heterocycles. The van der Waals surface area contributed by atoms with Crippen molar-refractivity contribution >= 4 is 49.8 Å². The molecular formula is C23H28Br2N2O4. The van der Waals surface area contributed by atoms with E-state index in [0.29, 0.717) is 6.54 Å². The fraction of sp³-hybridized carbons (Fsp3) is 0.348. The summed E-state index contributed by atoms with van der Waals surface area (Å²) in [7, 11) is 0. The van der Waals surface area contributed by atoms with Crippen LogP contribution in [0.3, 0.4) is 0 Å². The SMILES string of the molecule is CC(=O)N(Cc1cccc(Br)c1)C(=O)OC(C)(C)C.CC(=O)NCc1cccc(Br)c1. The average Bonchev–Trinajstić information content (AvgIpc) is 2.63. The summed E-state index contributed by atoms with van der Waals surface area (Å²) in [6.45, 7) is 8.95. The summed E-state index contributed by atoms with van der Waals surface area (Å²) in [5.41, 5.74) is 1.33. The molecule has 0 atom stereocenters. The number of carbonyl (C=O) groups excluding carboxylic acids is 3. The van der Waals surface area contributed by atoms with Crippen molar-refractivity contribution in [1.82, 2.24) is 10.2 Å². The highest BCUT2D eigenvalue weighted by Crippen LogP contribution is 2.16. The van der Waals surface area contributed by atoms with Crippen molar-refractivity contribution in [3.63, 3.8) is 0 Å². The van der Waals surface area contributed by atoms with Crippen LogP contribution in [-0.2, 0) is 27.4 Å². The maximum absolute atomic E-state index is 12.0. The predicted octanol–water partition coefficient (Wildman–Crippen LogP) is 5.82. The molecule has 0 unspecified atom stereocenters. The summed E-state index contributed by atoms with van der Waals surface area (Å²) >= 11 is 6.71. The molecule has 0 saturated heterocycles. The van der Waals surface area contributed by atoms with E-state index in [1.54, 1.807) is 20.8 Å². The highest BCUT2D eigenvalue weighted by molar-refractivity contribution is 9.10. The van der Waals surface area contributed by atoms with Crippen LogP contribution in [0.4, 0.5) is 4.79 Å². The molecule has 0 fully saturated rings. The normalized spacial score (nSPS) is 10.4. The number of rotatable bonds is 4. The van der Waals surface area contributed by atoms with Crippen molar-refractivity contribution in [2.75, 3.05) is 0 Å². The van der Waals surface area contributed by atoms with Crippen molar-refractivity contribution in [2.45, 2.75) is 53.3 Å². The van der Waals surface area contributed by atoms with Gasteiger partial charge in [-0.25, -0.2) is 9.69 Å². The second-order valence-electron chi connectivity index (χ2n) is 7.76. The Morgan fingerprint density at radius 3 is 1.90 bits per heavy atom. The van der Waals surface area contributed by atoms with Crippen LogP contribution < -0.4 is 5.32 Å². The van der Waals surface area contributed by atoms with Gasteiger partial charge in [-0.2, -0.15) is 0 Å². The molecule has 6 nitrogen and oxygen atoms in total. The number of ether oxygens (including phenoxy) is 1. The van der Waals surface area contributed by atoms with Crippen LogP contribution in [0.2, 0.25) is 0 Å². The number of amides is 3. The quantitative estimate of drug-likeness (QED) is 0.516. The molecule has 2 rings (SSSR count). The van der Waals surface area contributed by atoms with Gasteiger partial charge in [-0.3, -0.25) is 9.59 Å². The summed E-state index contributed by atoms with van der Waals surface area (Å²) in [6.07, 6.45) is -0.625. The second kappa shape index (κ2) is 12.6. The Morgan fingerprint density at radius 1 is 0.935 bits per heavy atom. The third kappa shape index (κ3) is 11.7. The van der Waals surface area contributed by atoms with Crippen LogP contribution in [0.15, 0.2) is 57.5 Å². The van der Waals surface area contributed by atoms with Gasteiger partial charge in [0.1, 0.15) is 5.60 Å². The fourth-order valence-corrected chi connectivity index (χ4v) is 3.21. The number of imide groups is 1. The maximum Gasteiger partial charge on any atom is 0.417 e. The van der Waals surface area contributed by atoms with Gasteiger partial charge >= 0.3 is 6.09 Å². The minimum atomic E-state index is -0.625. The van der Waals surface area contributed by atoms with Crippen molar-refractivity contribution in [2.24, 2.45) is 0 Å². The summed E-state index contributed by atoms with van der Waals surface area (Å²) in [5.74, 6) is -0.343. The molecular weight excluding hydrogens is 528 g/mol. The number of carbonyl (C=O) groups is 3. The topological polar surface area (TPSA) is 75.7 Å². The zero-order valence-corrected chi connectivity index (χ0v) is 21.5. The van der Waals surface area contributed by atoms with Crippen molar-refractivity contribution in [1.29, 1.82) is 0 Å². The monoisotopic (exact) mass is 554 g/mol. The lowest BCUT2D eigenvalue weighted by atomic mass is 10.2. The van der Waals surface area contributed by atoms with Gasteiger partial charge in [-0.05, 0) is 56.2 Å². The Balaban J connectivity index is 0.000000343. The van der Waals surface area contributed by atoms with E-state index in [9.17, 15) is 14.4 Å². The first-order valence-corrected chi connectivity index (χ1v) is 11.2. The first-order valence-electron chi connectivity index (χ1n) is 9.62. The van der Waals surface area contributed by atoms with Crippen LogP contribution in [0, 0.1) is 0 Å². The van der Waals surface area contributed by atoms with E-state index in [4.69, 9.17) is 4.74 Å². The van der Waals surface area contributed by atoms with Crippen molar-refractivity contribution in [3.05, 3.63) is 68.6 Å². The van der Waals surface area contributed by atoms with E-state index in [1.165, 1.54) is 13.8 Å². The summed E-state index contributed by atoms with van der Waals surface area (Å²) in [4.78, 5) is 35.2. The standard InChI is InChI=1S/C14H18BrNO3.C9H10BrNO/c1-10(17)16(13(18)19-14(2,3)4)9-11-6-5-7-12(15)8-11;1-7(12)11-6-8-3-2-4-9(10)5-8/h5-8H,9H2,1-4H3;2-5H,6H2,1H3,(H,11,12). The van der Waals surface area contributed by atoms with Gasteiger partial charge in [-0.1, -0.05) is 56.1 Å². The number of nitrogens with one attached hydrogen (secondary N) is 1. The van der Waals surface area contributed by atoms with Gasteiger partial charge in [-0.15, -0.1) is 0 Å². The van der Waals surface area contributed by atoms with Gasteiger partial charge < -0.3 is 10.1 Å². The largest absolute Gasteiger partial charge is 0.443 e. The number of hydrogen-bond acceptors (Lipinski definition) is 4. The Bertz CT molecular complexity index is 910. The zero-order valence-electron chi connectivity index (χ0n) is 18.4. The molecule has 2 aromatic rings. The number of nitrogens with zero attached hydrogens (tertiary/aromatic N) is 1. The molecule has 0 bridgehead atoms. The molecule has 168 valence electrons. The lowest BCUT2D eigenvalue weighted by Crippen LogP contribution is -2.39. The van der Waals surface area contributed by atoms with E-state index in [1.807, 2.05) is 48.5 Å². The van der Waals surface area contributed by atoms with E-state index in [0.717, 1.165) is 25.0 Å². The molecule has 0 saturated carbocycles. The highest BCUT2D eigenvalue weighted by atomic mass is 79.9. The van der Waals surface area contributed by atoms with Gasteiger partial charge in [0.25, 0.3) is 0 Å². The summed E-state index contributed by atoms with van der Waals surface area (Å²) < 4.78 is 7.15. The zero-order chi connectivity index (χ0) is 23.6. The van der Waals surface area contributed by atoms with Crippen LogP contribution >= 0.6 is 31.9 Å². The molecule has 1 N–H and O–H groups in total. The molecule has 0 aliphatic carbocycles. The molecule has 3 amide bonds. The molecule has 0 radical (unpaired) electrons. The van der Waals surface area contributed by atoms with Crippen molar-refractivity contribution in [3.8, 4) is 0 Å². The minimum absolute atomic E-state index is 0.00465. The summed E-state index contributed by atoms with van der Waals surface area (Å²) in [6, 6.07) is 15.3. The fourth-order valence-electron chi connectivity index (χ4n) is 2.31. The second-order valence-corrected chi connectivity index (χ2v) is 9.59. The van der Waals surface area contributed by atoms with Gasteiger partial charge in [0.15, 0.2) is 0 Å². The van der Waals surface area contributed by atoms with Gasteiger partial charge in [0.2, 0.25) is 11.8 Å². The van der Waals surface area contributed by atoms with Crippen LogP contribution in [0.5, 0.6) is 0 Å². The van der Waals surface area contributed by atoms with Crippen LogP contribution in [0.1, 0.15) is 45.7 Å². The third-order valence-corrected chi connectivity index (χ3v) is 4.64. The third-order valence-electron chi connectivity index (χ3n) is 3.65. The highest BCUT2D eigenvalue weighted by Gasteiger charge is 2.25. The van der Waals surface area contributed by atoms with Gasteiger partial charge in [0.05, 0.1) is 6.54 Å². The lowest BCUT2D eigenvalue weighted by molar-refractivity contribution is -0.128. The van der Waals surface area contributed by atoms with E-state index in [2.05, 4.69) is 37.2 Å². The lowest BCUT2D eigenvalue weighted by Gasteiger charge is -2.25. The molecule has 2 aromatic carbocycles. The Hall–Kier alpha value is -2.19. The van der Waals surface area contributed by atoms with Crippen molar-refractivity contribution < 1.29 is 19.1 Å². The maximum atomic E-state index is 12.0. The Kier molecular flexibility index (Phi) is 10.9. The molecule has 0 aliphatic rings. The first-order chi connectivity index (χ1) is 14.4. The van der Waals surface area contributed by atoms with Crippen LogP contribution in [-0.4, -0.2) is 28.4 Å². The molecule has 31 heavy (non-hydrogen) atoms. The summed E-state index contributed by atoms with van der Waals surface area (Å²) in [5, 5.41) is 2.73. The smallest absolute Gasteiger partial charge is 0.417 e. The van der Waals surface area contributed by atoms with Crippen LogP contribution in [0.25, 0.3) is 0 Å². The predicted molar refractivity (Wildman–Crippen MR) is 128 cm³/mol. The molecule has 0 heterocycles. The minimum Gasteiger partial charge on any atom is -0.443 e. The molecule has 8 heteroatoms. The number of halogens is 2. The molecule has 0 aliphatic heterocycles. The Morgan fingerprint density at radius 2 is 1.45 bits per heavy atom. The number of hydrogen-bond donors (Lipinski definition) is 1.